The van der Waals surface area contributed by atoms with E-state index >= 15 is 0 Å². The predicted octanol–water partition coefficient (Wildman–Crippen LogP) is 1.97. The van der Waals surface area contributed by atoms with Crippen LogP contribution in [-0.4, -0.2) is 35.1 Å². The molecule has 82 valence electrons. The molecule has 3 nitrogen and oxygen atoms in total. The van der Waals surface area contributed by atoms with Crippen molar-refractivity contribution in [2.45, 2.75) is 51.6 Å². The Kier molecular flexibility index (Phi) is 3.93. The number of aliphatic carboxylic acids is 1. The number of hydrogen-bond donors (Lipinski definition) is 1. The maximum absolute atomic E-state index is 10.9. The van der Waals surface area contributed by atoms with E-state index in [1.165, 1.54) is 19.3 Å². The zero-order chi connectivity index (χ0) is 10.7. The summed E-state index contributed by atoms with van der Waals surface area (Å²) in [5.74, 6) is -0.0175. The van der Waals surface area contributed by atoms with E-state index in [1.807, 2.05) is 11.9 Å². The van der Waals surface area contributed by atoms with Crippen molar-refractivity contribution in [1.82, 2.24) is 4.90 Å². The Labute approximate surface area is 86.1 Å². The van der Waals surface area contributed by atoms with Gasteiger partial charge in [0.2, 0.25) is 0 Å². The van der Waals surface area contributed by atoms with Gasteiger partial charge in [-0.15, -0.1) is 0 Å². The summed E-state index contributed by atoms with van der Waals surface area (Å²) in [6.45, 7) is 3.97. The number of carbonyl (C=O) groups is 1. The molecule has 0 radical (unpaired) electrons. The Morgan fingerprint density at radius 1 is 1.57 bits per heavy atom. The summed E-state index contributed by atoms with van der Waals surface area (Å²) in [4.78, 5) is 12.9. The van der Waals surface area contributed by atoms with Gasteiger partial charge in [0.25, 0.3) is 0 Å². The molecule has 1 rings (SSSR count). The molecule has 3 atom stereocenters. The van der Waals surface area contributed by atoms with Gasteiger partial charge in [-0.1, -0.05) is 19.8 Å². The Morgan fingerprint density at radius 2 is 2.21 bits per heavy atom. The third kappa shape index (κ3) is 2.27. The second-order valence-electron chi connectivity index (χ2n) is 4.35. The van der Waals surface area contributed by atoms with Gasteiger partial charge in [0.05, 0.1) is 0 Å². The molecule has 1 aliphatic carbocycles. The van der Waals surface area contributed by atoms with E-state index in [9.17, 15) is 4.79 Å². The van der Waals surface area contributed by atoms with Crippen LogP contribution >= 0.6 is 0 Å². The van der Waals surface area contributed by atoms with Gasteiger partial charge in [0.15, 0.2) is 0 Å². The Balaban J connectivity index is 2.58. The summed E-state index contributed by atoms with van der Waals surface area (Å²) >= 11 is 0. The summed E-state index contributed by atoms with van der Waals surface area (Å²) in [6, 6.07) is 0.123. The molecule has 0 aliphatic heterocycles. The largest absolute Gasteiger partial charge is 0.480 e. The fraction of sp³-hybridized carbons (Fsp3) is 0.909. The van der Waals surface area contributed by atoms with Crippen LogP contribution in [0.1, 0.15) is 39.5 Å². The van der Waals surface area contributed by atoms with Crippen molar-refractivity contribution in [2.75, 3.05) is 7.05 Å². The van der Waals surface area contributed by atoms with E-state index in [-0.39, 0.29) is 6.04 Å². The van der Waals surface area contributed by atoms with Gasteiger partial charge in [-0.2, -0.15) is 0 Å². The quantitative estimate of drug-likeness (QED) is 0.752. The predicted molar refractivity (Wildman–Crippen MR) is 56.3 cm³/mol. The summed E-state index contributed by atoms with van der Waals surface area (Å²) in [6.07, 6.45) is 4.84. The van der Waals surface area contributed by atoms with Gasteiger partial charge in [0, 0.05) is 6.04 Å². The molecule has 3 heteroatoms. The lowest BCUT2D eigenvalue weighted by Gasteiger charge is -2.32. The normalized spacial score (nSPS) is 29.4. The minimum Gasteiger partial charge on any atom is -0.480 e. The molecule has 1 N–H and O–H groups in total. The molecule has 0 amide bonds. The second kappa shape index (κ2) is 4.78. The monoisotopic (exact) mass is 199 g/mol. The molecule has 0 saturated heterocycles. The number of carboxylic acids is 1. The van der Waals surface area contributed by atoms with Crippen LogP contribution in [0.25, 0.3) is 0 Å². The lowest BCUT2D eigenvalue weighted by molar-refractivity contribution is -0.143. The molecule has 0 aromatic rings. The lowest BCUT2D eigenvalue weighted by atomic mass is 9.98. The van der Waals surface area contributed by atoms with Gasteiger partial charge >= 0.3 is 5.97 Å². The number of nitrogens with zero attached hydrogens (tertiary/aromatic N) is 1. The van der Waals surface area contributed by atoms with Gasteiger partial charge in [-0.05, 0) is 32.7 Å². The molecular weight excluding hydrogens is 178 g/mol. The van der Waals surface area contributed by atoms with Crippen molar-refractivity contribution in [1.29, 1.82) is 0 Å². The lowest BCUT2D eigenvalue weighted by Crippen LogP contribution is -2.44. The first-order valence-corrected chi connectivity index (χ1v) is 5.52. The van der Waals surface area contributed by atoms with Gasteiger partial charge in [0.1, 0.15) is 6.04 Å². The van der Waals surface area contributed by atoms with Crippen LogP contribution < -0.4 is 0 Å². The molecule has 0 heterocycles. The van der Waals surface area contributed by atoms with Gasteiger partial charge < -0.3 is 5.11 Å². The molecule has 1 saturated carbocycles. The minimum atomic E-state index is -0.714. The van der Waals surface area contributed by atoms with Crippen molar-refractivity contribution in [2.24, 2.45) is 5.92 Å². The molecule has 14 heavy (non-hydrogen) atoms. The molecule has 1 fully saturated rings. The van der Waals surface area contributed by atoms with Crippen molar-refractivity contribution in [3.8, 4) is 0 Å². The molecule has 3 unspecified atom stereocenters. The highest BCUT2D eigenvalue weighted by atomic mass is 16.4. The first-order valence-electron chi connectivity index (χ1n) is 5.52. The molecular formula is C11H21NO2. The topological polar surface area (TPSA) is 40.5 Å². The zero-order valence-corrected chi connectivity index (χ0v) is 9.36. The fourth-order valence-corrected chi connectivity index (χ4v) is 2.49. The molecule has 0 spiro atoms. The van der Waals surface area contributed by atoms with Crippen LogP contribution in [0.5, 0.6) is 0 Å². The average molecular weight is 199 g/mol. The second-order valence-corrected chi connectivity index (χ2v) is 4.35. The van der Waals surface area contributed by atoms with Crippen LogP contribution in [0.4, 0.5) is 0 Å². The average Bonchev–Trinajstić information content (AvgIpc) is 2.62. The summed E-state index contributed by atoms with van der Waals surface area (Å²) in [5.41, 5.74) is 0. The van der Waals surface area contributed by atoms with E-state index in [4.69, 9.17) is 5.11 Å². The Bertz CT molecular complexity index is 205. The Hall–Kier alpha value is -0.570. The van der Waals surface area contributed by atoms with Crippen molar-refractivity contribution in [3.05, 3.63) is 0 Å². The molecule has 0 bridgehead atoms. The SMILES string of the molecule is CCC1CCCC1N(C)C(C)C(=O)O. The highest BCUT2D eigenvalue weighted by Crippen LogP contribution is 2.32. The van der Waals surface area contributed by atoms with Gasteiger partial charge in [-0.25, -0.2) is 0 Å². The first kappa shape index (κ1) is 11.5. The van der Waals surface area contributed by atoms with Crippen LogP contribution in [0.2, 0.25) is 0 Å². The molecule has 1 aliphatic rings. The number of carboxylic acid groups (broad SMARTS) is 1. The van der Waals surface area contributed by atoms with E-state index in [2.05, 4.69) is 6.92 Å². The van der Waals surface area contributed by atoms with Crippen LogP contribution in [0.15, 0.2) is 0 Å². The van der Waals surface area contributed by atoms with E-state index < -0.39 is 5.97 Å². The number of likely N-dealkylation sites (N-methyl/N-ethyl adjacent to an activating group) is 1. The summed E-state index contributed by atoms with van der Waals surface area (Å²) < 4.78 is 0. The summed E-state index contributed by atoms with van der Waals surface area (Å²) in [5, 5.41) is 8.93. The highest BCUT2D eigenvalue weighted by molar-refractivity contribution is 5.72. The number of hydrogen-bond acceptors (Lipinski definition) is 2. The van der Waals surface area contributed by atoms with Crippen LogP contribution in [-0.2, 0) is 4.79 Å². The smallest absolute Gasteiger partial charge is 0.320 e. The van der Waals surface area contributed by atoms with E-state index in [0.717, 1.165) is 6.42 Å². The third-order valence-corrected chi connectivity index (χ3v) is 3.63. The van der Waals surface area contributed by atoms with Gasteiger partial charge in [-0.3, -0.25) is 9.69 Å². The van der Waals surface area contributed by atoms with Crippen molar-refractivity contribution in [3.63, 3.8) is 0 Å². The third-order valence-electron chi connectivity index (χ3n) is 3.63. The van der Waals surface area contributed by atoms with Crippen LogP contribution in [0, 0.1) is 5.92 Å². The molecule has 0 aromatic carbocycles. The maximum atomic E-state index is 10.9. The summed E-state index contributed by atoms with van der Waals surface area (Å²) in [7, 11) is 1.94. The number of rotatable bonds is 4. The Morgan fingerprint density at radius 3 is 2.71 bits per heavy atom. The van der Waals surface area contributed by atoms with E-state index in [1.54, 1.807) is 6.92 Å². The fourth-order valence-electron chi connectivity index (χ4n) is 2.49. The minimum absolute atomic E-state index is 0.354. The molecule has 0 aromatic heterocycles. The standard InChI is InChI=1S/C11H21NO2/c1-4-9-6-5-7-10(9)12(3)8(2)11(13)14/h8-10H,4-7H2,1-3H3,(H,13,14). The van der Waals surface area contributed by atoms with Crippen LogP contribution in [0.3, 0.4) is 0 Å². The maximum Gasteiger partial charge on any atom is 0.320 e. The first-order chi connectivity index (χ1) is 6.57. The van der Waals surface area contributed by atoms with E-state index in [0.29, 0.717) is 12.0 Å². The van der Waals surface area contributed by atoms with Crippen molar-refractivity contribution >= 4 is 5.97 Å². The van der Waals surface area contributed by atoms with Crippen molar-refractivity contribution < 1.29 is 9.90 Å². The highest BCUT2D eigenvalue weighted by Gasteiger charge is 2.32. The zero-order valence-electron chi connectivity index (χ0n) is 9.36.